The largest absolute Gasteiger partial charge is 0.374 e. The molecule has 0 saturated carbocycles. The van der Waals surface area contributed by atoms with Crippen LogP contribution in [0.25, 0.3) is 10.2 Å². The van der Waals surface area contributed by atoms with Gasteiger partial charge in [-0.3, -0.25) is 9.69 Å². The van der Waals surface area contributed by atoms with Crippen molar-refractivity contribution in [3.8, 4) is 0 Å². The molecular formula is C17H23N3O2S. The summed E-state index contributed by atoms with van der Waals surface area (Å²) in [6, 6.07) is 5.61. The third kappa shape index (κ3) is 4.28. The van der Waals surface area contributed by atoms with E-state index >= 15 is 0 Å². The van der Waals surface area contributed by atoms with Crippen molar-refractivity contribution in [2.24, 2.45) is 5.92 Å². The van der Waals surface area contributed by atoms with Crippen LogP contribution >= 0.6 is 11.3 Å². The van der Waals surface area contributed by atoms with E-state index in [4.69, 9.17) is 4.74 Å². The molecule has 1 atom stereocenters. The molecule has 0 spiro atoms. The second-order valence-electron chi connectivity index (χ2n) is 6.39. The fourth-order valence-corrected chi connectivity index (χ4v) is 3.61. The Balaban J connectivity index is 1.53. The van der Waals surface area contributed by atoms with E-state index in [0.29, 0.717) is 18.0 Å². The van der Waals surface area contributed by atoms with E-state index in [1.165, 1.54) is 0 Å². The van der Waals surface area contributed by atoms with Gasteiger partial charge in [-0.2, -0.15) is 0 Å². The van der Waals surface area contributed by atoms with Crippen LogP contribution in [0.3, 0.4) is 0 Å². The highest BCUT2D eigenvalue weighted by Crippen LogP contribution is 2.19. The topological polar surface area (TPSA) is 54.5 Å². The van der Waals surface area contributed by atoms with Gasteiger partial charge in [0.2, 0.25) is 0 Å². The van der Waals surface area contributed by atoms with Gasteiger partial charge in [-0.1, -0.05) is 13.8 Å². The second kappa shape index (κ2) is 7.38. The molecule has 1 aliphatic rings. The molecule has 124 valence electrons. The summed E-state index contributed by atoms with van der Waals surface area (Å²) in [5.41, 5.74) is 3.41. The maximum atomic E-state index is 12.3. The minimum atomic E-state index is -0.0510. The van der Waals surface area contributed by atoms with Gasteiger partial charge in [0.05, 0.1) is 28.4 Å². The van der Waals surface area contributed by atoms with Crippen LogP contribution < -0.4 is 5.32 Å². The first-order chi connectivity index (χ1) is 11.1. The van der Waals surface area contributed by atoms with Gasteiger partial charge in [0.15, 0.2) is 0 Å². The number of morpholine rings is 1. The number of rotatable bonds is 5. The monoisotopic (exact) mass is 333 g/mol. The standard InChI is InChI=1S/C17H23N3O2S/c1-12(2)9-20-5-6-22-14(10-20)8-18-17(21)13-3-4-15-16(7-13)23-11-19-15/h3-4,7,11-12,14H,5-6,8-10H2,1-2H3,(H,18,21)/t14-/m1/s1. The first-order valence-corrected chi connectivity index (χ1v) is 8.95. The molecule has 1 aromatic carbocycles. The Hall–Kier alpha value is -1.50. The summed E-state index contributed by atoms with van der Waals surface area (Å²) in [4.78, 5) is 19.0. The molecule has 1 aromatic heterocycles. The van der Waals surface area contributed by atoms with E-state index in [0.717, 1.165) is 36.5 Å². The molecule has 1 saturated heterocycles. The number of benzene rings is 1. The quantitative estimate of drug-likeness (QED) is 0.913. The summed E-state index contributed by atoms with van der Waals surface area (Å²) in [5, 5.41) is 2.99. The molecular weight excluding hydrogens is 310 g/mol. The number of carbonyl (C=O) groups excluding carboxylic acids is 1. The Morgan fingerprint density at radius 1 is 1.52 bits per heavy atom. The number of fused-ring (bicyclic) bond motifs is 1. The van der Waals surface area contributed by atoms with Crippen molar-refractivity contribution in [3.05, 3.63) is 29.3 Å². The predicted octanol–water partition coefficient (Wildman–Crippen LogP) is 2.38. The fourth-order valence-electron chi connectivity index (χ4n) is 2.89. The molecule has 1 amide bonds. The number of hydrogen-bond acceptors (Lipinski definition) is 5. The van der Waals surface area contributed by atoms with Crippen molar-refractivity contribution in [1.82, 2.24) is 15.2 Å². The molecule has 1 N–H and O–H groups in total. The number of aromatic nitrogens is 1. The summed E-state index contributed by atoms with van der Waals surface area (Å²) in [7, 11) is 0. The third-order valence-electron chi connectivity index (χ3n) is 3.93. The van der Waals surface area contributed by atoms with E-state index in [1.807, 2.05) is 18.2 Å². The Kier molecular flexibility index (Phi) is 5.25. The lowest BCUT2D eigenvalue weighted by molar-refractivity contribution is -0.0295. The molecule has 0 radical (unpaired) electrons. The second-order valence-corrected chi connectivity index (χ2v) is 7.28. The van der Waals surface area contributed by atoms with Gasteiger partial charge in [0.25, 0.3) is 5.91 Å². The van der Waals surface area contributed by atoms with Crippen molar-refractivity contribution < 1.29 is 9.53 Å². The van der Waals surface area contributed by atoms with Crippen molar-refractivity contribution in [1.29, 1.82) is 0 Å². The number of nitrogens with one attached hydrogen (secondary N) is 1. The van der Waals surface area contributed by atoms with Crippen LogP contribution in [-0.2, 0) is 4.74 Å². The highest BCUT2D eigenvalue weighted by atomic mass is 32.1. The van der Waals surface area contributed by atoms with E-state index in [9.17, 15) is 4.79 Å². The molecule has 1 fully saturated rings. The number of ether oxygens (including phenoxy) is 1. The van der Waals surface area contributed by atoms with Crippen LogP contribution in [-0.4, -0.2) is 54.7 Å². The maximum Gasteiger partial charge on any atom is 0.251 e. The lowest BCUT2D eigenvalue weighted by atomic mass is 10.1. The molecule has 2 heterocycles. The van der Waals surface area contributed by atoms with Crippen LogP contribution in [0.1, 0.15) is 24.2 Å². The van der Waals surface area contributed by atoms with Crippen molar-refractivity contribution in [2.75, 3.05) is 32.8 Å². The molecule has 6 heteroatoms. The van der Waals surface area contributed by atoms with Gasteiger partial charge in [-0.15, -0.1) is 11.3 Å². The van der Waals surface area contributed by atoms with Gasteiger partial charge in [-0.25, -0.2) is 4.98 Å². The molecule has 3 rings (SSSR count). The smallest absolute Gasteiger partial charge is 0.251 e. The molecule has 0 aliphatic carbocycles. The van der Waals surface area contributed by atoms with Crippen LogP contribution in [0, 0.1) is 5.92 Å². The Morgan fingerprint density at radius 2 is 2.39 bits per heavy atom. The van der Waals surface area contributed by atoms with Crippen molar-refractivity contribution in [2.45, 2.75) is 20.0 Å². The molecule has 0 bridgehead atoms. The summed E-state index contributed by atoms with van der Waals surface area (Å²) >= 11 is 1.55. The summed E-state index contributed by atoms with van der Waals surface area (Å²) in [6.45, 7) is 8.67. The molecule has 2 aromatic rings. The van der Waals surface area contributed by atoms with Gasteiger partial charge < -0.3 is 10.1 Å². The zero-order chi connectivity index (χ0) is 16.2. The maximum absolute atomic E-state index is 12.3. The Labute approximate surface area is 140 Å². The van der Waals surface area contributed by atoms with Crippen molar-refractivity contribution in [3.63, 3.8) is 0 Å². The average Bonchev–Trinajstić information content (AvgIpc) is 3.00. The molecule has 5 nitrogen and oxygen atoms in total. The van der Waals surface area contributed by atoms with Gasteiger partial charge in [0.1, 0.15) is 0 Å². The first-order valence-electron chi connectivity index (χ1n) is 8.07. The SMILES string of the molecule is CC(C)CN1CCO[C@H](CNC(=O)c2ccc3ncsc3c2)C1. The lowest BCUT2D eigenvalue weighted by Crippen LogP contribution is -2.48. The van der Waals surface area contributed by atoms with Crippen molar-refractivity contribution >= 4 is 27.5 Å². The Bertz CT molecular complexity index is 671. The molecule has 1 aliphatic heterocycles. The number of carbonyl (C=O) groups is 1. The normalized spacial score (nSPS) is 19.3. The third-order valence-corrected chi connectivity index (χ3v) is 4.72. The van der Waals surface area contributed by atoms with E-state index in [1.54, 1.807) is 16.8 Å². The number of nitrogens with zero attached hydrogens (tertiary/aromatic N) is 2. The average molecular weight is 333 g/mol. The van der Waals surface area contributed by atoms with Crippen LogP contribution in [0.2, 0.25) is 0 Å². The highest BCUT2D eigenvalue weighted by Gasteiger charge is 2.21. The summed E-state index contributed by atoms with van der Waals surface area (Å²) in [5.74, 6) is 0.597. The minimum Gasteiger partial charge on any atom is -0.374 e. The van der Waals surface area contributed by atoms with E-state index in [-0.39, 0.29) is 12.0 Å². The predicted molar refractivity (Wildman–Crippen MR) is 93.0 cm³/mol. The Morgan fingerprint density at radius 3 is 3.22 bits per heavy atom. The van der Waals surface area contributed by atoms with Gasteiger partial charge >= 0.3 is 0 Å². The number of amides is 1. The van der Waals surface area contributed by atoms with E-state index in [2.05, 4.69) is 29.0 Å². The van der Waals surface area contributed by atoms with Gasteiger partial charge in [0, 0.05) is 31.7 Å². The summed E-state index contributed by atoms with van der Waals surface area (Å²) in [6.07, 6.45) is 0.0681. The van der Waals surface area contributed by atoms with E-state index < -0.39 is 0 Å². The summed E-state index contributed by atoms with van der Waals surface area (Å²) < 4.78 is 6.81. The van der Waals surface area contributed by atoms with Crippen LogP contribution in [0.5, 0.6) is 0 Å². The fraction of sp³-hybridized carbons (Fsp3) is 0.529. The molecule has 0 unspecified atom stereocenters. The minimum absolute atomic E-state index is 0.0510. The number of thiazole rings is 1. The lowest BCUT2D eigenvalue weighted by Gasteiger charge is -2.33. The van der Waals surface area contributed by atoms with Gasteiger partial charge in [-0.05, 0) is 24.1 Å². The zero-order valence-corrected chi connectivity index (χ0v) is 14.4. The molecule has 23 heavy (non-hydrogen) atoms. The number of hydrogen-bond donors (Lipinski definition) is 1. The zero-order valence-electron chi connectivity index (χ0n) is 13.6. The van der Waals surface area contributed by atoms with Crippen LogP contribution in [0.4, 0.5) is 0 Å². The first kappa shape index (κ1) is 16.4. The highest BCUT2D eigenvalue weighted by molar-refractivity contribution is 7.16. The van der Waals surface area contributed by atoms with Crippen LogP contribution in [0.15, 0.2) is 23.7 Å².